The minimum Gasteiger partial charge on any atom is -0.478 e. The van der Waals surface area contributed by atoms with E-state index in [2.05, 4.69) is 0 Å². The van der Waals surface area contributed by atoms with Gasteiger partial charge in [-0.2, -0.15) is 0 Å². The summed E-state index contributed by atoms with van der Waals surface area (Å²) in [6, 6.07) is 6.54. The Hall–Kier alpha value is -1.84. The van der Waals surface area contributed by atoms with Gasteiger partial charge in [0, 0.05) is 23.6 Å². The van der Waals surface area contributed by atoms with Crippen LogP contribution < -0.4 is 0 Å². The molecule has 0 spiro atoms. The van der Waals surface area contributed by atoms with Crippen LogP contribution in [0.25, 0.3) is 10.9 Å². The molecule has 0 unspecified atom stereocenters. The predicted octanol–water partition coefficient (Wildman–Crippen LogP) is 2.35. The molecule has 0 amide bonds. The molecule has 4 heteroatoms. The summed E-state index contributed by atoms with van der Waals surface area (Å²) < 4.78 is 14.3. The number of rotatable bonds is 2. The lowest BCUT2D eigenvalue weighted by molar-refractivity contribution is 0.0699. The molecule has 1 heterocycles. The third-order valence-electron chi connectivity index (χ3n) is 2.55. The zero-order valence-electron chi connectivity index (χ0n) is 8.20. The number of aromatic nitrogens is 1. The van der Waals surface area contributed by atoms with E-state index in [1.54, 1.807) is 29.8 Å². The van der Waals surface area contributed by atoms with Crippen LogP contribution in [0.15, 0.2) is 24.3 Å². The molecule has 0 atom stereocenters. The van der Waals surface area contributed by atoms with E-state index in [0.717, 1.165) is 5.52 Å². The Morgan fingerprint density at radius 1 is 1.53 bits per heavy atom. The number of benzene rings is 1. The molecular formula is C11H10FNO2. The van der Waals surface area contributed by atoms with Crippen LogP contribution in [-0.2, 0) is 13.7 Å². The van der Waals surface area contributed by atoms with E-state index in [9.17, 15) is 9.18 Å². The average Bonchev–Trinajstić information content (AvgIpc) is 2.55. The van der Waals surface area contributed by atoms with Crippen molar-refractivity contribution in [1.29, 1.82) is 0 Å². The summed E-state index contributed by atoms with van der Waals surface area (Å²) in [5, 5.41) is 9.54. The maximum atomic E-state index is 12.6. The molecule has 0 aliphatic heterocycles. The Kier molecular flexibility index (Phi) is 2.19. The molecule has 0 saturated heterocycles. The lowest BCUT2D eigenvalue weighted by atomic mass is 10.1. The van der Waals surface area contributed by atoms with Crippen molar-refractivity contribution < 1.29 is 14.3 Å². The molecule has 0 saturated carbocycles. The van der Waals surface area contributed by atoms with Gasteiger partial charge in [-0.15, -0.1) is 0 Å². The van der Waals surface area contributed by atoms with Gasteiger partial charge in [0.1, 0.15) is 6.67 Å². The molecule has 0 aliphatic rings. The Bertz CT molecular complexity index is 531. The van der Waals surface area contributed by atoms with E-state index in [0.29, 0.717) is 11.1 Å². The molecule has 15 heavy (non-hydrogen) atoms. The number of carbonyl (C=O) groups is 1. The van der Waals surface area contributed by atoms with Crippen molar-refractivity contribution >= 4 is 16.9 Å². The third-order valence-corrected chi connectivity index (χ3v) is 2.55. The molecule has 2 aromatic rings. The summed E-state index contributed by atoms with van der Waals surface area (Å²) in [4.78, 5) is 10.9. The standard InChI is InChI=1S/C11H10FNO2/c1-13-7(6-12)5-9-8(11(14)15)3-2-4-10(9)13/h2-5H,6H2,1H3,(H,14,15). The molecule has 1 N–H and O–H groups in total. The fraction of sp³-hybridized carbons (Fsp3) is 0.182. The Morgan fingerprint density at radius 3 is 2.87 bits per heavy atom. The Morgan fingerprint density at radius 2 is 2.27 bits per heavy atom. The number of hydrogen-bond acceptors (Lipinski definition) is 1. The Labute approximate surface area is 85.7 Å². The topological polar surface area (TPSA) is 42.2 Å². The maximum Gasteiger partial charge on any atom is 0.336 e. The second-order valence-electron chi connectivity index (χ2n) is 3.37. The van der Waals surface area contributed by atoms with Crippen LogP contribution in [0.3, 0.4) is 0 Å². The van der Waals surface area contributed by atoms with Crippen molar-refractivity contribution in [2.75, 3.05) is 0 Å². The number of halogens is 1. The maximum absolute atomic E-state index is 12.6. The van der Waals surface area contributed by atoms with Crippen molar-refractivity contribution in [3.05, 3.63) is 35.5 Å². The van der Waals surface area contributed by atoms with Gasteiger partial charge in [0.25, 0.3) is 0 Å². The fourth-order valence-corrected chi connectivity index (χ4v) is 1.73. The van der Waals surface area contributed by atoms with Crippen molar-refractivity contribution in [2.24, 2.45) is 7.05 Å². The van der Waals surface area contributed by atoms with Gasteiger partial charge in [-0.3, -0.25) is 0 Å². The number of hydrogen-bond donors (Lipinski definition) is 1. The lowest BCUT2D eigenvalue weighted by Gasteiger charge is -2.00. The summed E-state index contributed by atoms with van der Waals surface area (Å²) in [6.07, 6.45) is 0. The van der Waals surface area contributed by atoms with Gasteiger partial charge in [0.2, 0.25) is 0 Å². The quantitative estimate of drug-likeness (QED) is 0.821. The van der Waals surface area contributed by atoms with Crippen LogP contribution in [-0.4, -0.2) is 15.6 Å². The average molecular weight is 207 g/mol. The highest BCUT2D eigenvalue weighted by Crippen LogP contribution is 2.23. The summed E-state index contributed by atoms with van der Waals surface area (Å²) >= 11 is 0. The molecule has 2 rings (SSSR count). The first kappa shape index (κ1) is 9.71. The normalized spacial score (nSPS) is 10.8. The number of aromatic carboxylic acids is 1. The Balaban J connectivity index is 2.81. The number of alkyl halides is 1. The number of nitrogens with zero attached hydrogens (tertiary/aromatic N) is 1. The second-order valence-corrected chi connectivity index (χ2v) is 3.37. The molecule has 0 radical (unpaired) electrons. The number of aryl methyl sites for hydroxylation is 1. The highest BCUT2D eigenvalue weighted by molar-refractivity contribution is 6.03. The number of carboxylic acids is 1. The monoisotopic (exact) mass is 207 g/mol. The van der Waals surface area contributed by atoms with Crippen molar-refractivity contribution in [3.8, 4) is 0 Å². The number of carboxylic acid groups (broad SMARTS) is 1. The second kappa shape index (κ2) is 3.38. The summed E-state index contributed by atoms with van der Waals surface area (Å²) in [5.41, 5.74) is 1.43. The van der Waals surface area contributed by atoms with Gasteiger partial charge in [-0.05, 0) is 18.2 Å². The van der Waals surface area contributed by atoms with E-state index < -0.39 is 12.6 Å². The minimum absolute atomic E-state index is 0.211. The largest absolute Gasteiger partial charge is 0.478 e. The first-order valence-corrected chi connectivity index (χ1v) is 4.51. The van der Waals surface area contributed by atoms with Gasteiger partial charge in [0.05, 0.1) is 5.56 Å². The van der Waals surface area contributed by atoms with E-state index in [1.807, 2.05) is 0 Å². The third kappa shape index (κ3) is 1.38. The smallest absolute Gasteiger partial charge is 0.336 e. The first-order chi connectivity index (χ1) is 7.15. The molecule has 78 valence electrons. The van der Waals surface area contributed by atoms with Crippen LogP contribution in [0.5, 0.6) is 0 Å². The van der Waals surface area contributed by atoms with Gasteiger partial charge in [0.15, 0.2) is 0 Å². The van der Waals surface area contributed by atoms with Gasteiger partial charge in [-0.25, -0.2) is 9.18 Å². The summed E-state index contributed by atoms with van der Waals surface area (Å²) in [7, 11) is 1.73. The molecule has 1 aromatic carbocycles. The number of fused-ring (bicyclic) bond motifs is 1. The van der Waals surface area contributed by atoms with E-state index >= 15 is 0 Å². The van der Waals surface area contributed by atoms with Crippen LogP contribution in [0.4, 0.5) is 4.39 Å². The zero-order valence-corrected chi connectivity index (χ0v) is 8.20. The van der Waals surface area contributed by atoms with Gasteiger partial charge >= 0.3 is 5.97 Å². The summed E-state index contributed by atoms with van der Waals surface area (Å²) in [5.74, 6) is -0.989. The van der Waals surface area contributed by atoms with Gasteiger partial charge in [-0.1, -0.05) is 6.07 Å². The molecule has 0 fully saturated rings. The fourth-order valence-electron chi connectivity index (χ4n) is 1.73. The van der Waals surface area contributed by atoms with Crippen LogP contribution in [0.2, 0.25) is 0 Å². The van der Waals surface area contributed by atoms with E-state index in [4.69, 9.17) is 5.11 Å². The van der Waals surface area contributed by atoms with Crippen LogP contribution in [0, 0.1) is 0 Å². The molecular weight excluding hydrogens is 197 g/mol. The van der Waals surface area contributed by atoms with E-state index in [-0.39, 0.29) is 5.56 Å². The first-order valence-electron chi connectivity index (χ1n) is 4.51. The SMILES string of the molecule is Cn1c(CF)cc2c(C(=O)O)cccc21. The zero-order chi connectivity index (χ0) is 11.0. The van der Waals surface area contributed by atoms with Crippen LogP contribution >= 0.6 is 0 Å². The minimum atomic E-state index is -0.989. The molecule has 0 bridgehead atoms. The molecule has 3 nitrogen and oxygen atoms in total. The molecule has 1 aromatic heterocycles. The van der Waals surface area contributed by atoms with E-state index in [1.165, 1.54) is 6.07 Å². The predicted molar refractivity (Wildman–Crippen MR) is 54.7 cm³/mol. The highest BCUT2D eigenvalue weighted by Gasteiger charge is 2.12. The van der Waals surface area contributed by atoms with Crippen molar-refractivity contribution in [2.45, 2.75) is 6.67 Å². The van der Waals surface area contributed by atoms with Crippen molar-refractivity contribution in [3.63, 3.8) is 0 Å². The lowest BCUT2D eigenvalue weighted by Crippen LogP contribution is -1.97. The highest BCUT2D eigenvalue weighted by atomic mass is 19.1. The van der Waals surface area contributed by atoms with Gasteiger partial charge < -0.3 is 9.67 Å². The van der Waals surface area contributed by atoms with Crippen LogP contribution in [0.1, 0.15) is 16.1 Å². The molecule has 0 aliphatic carbocycles. The van der Waals surface area contributed by atoms with Crippen molar-refractivity contribution in [1.82, 2.24) is 4.57 Å². The summed E-state index contributed by atoms with van der Waals surface area (Å²) in [6.45, 7) is -0.593.